The largest absolute Gasteiger partial charge is 0.312 e. The normalized spacial score (nSPS) is 47.1. The third-order valence-electron chi connectivity index (χ3n) is 5.43. The van der Waals surface area contributed by atoms with Crippen molar-refractivity contribution in [1.29, 1.82) is 0 Å². The molecule has 4 saturated carbocycles. The lowest BCUT2D eigenvalue weighted by Gasteiger charge is -2.54. The average Bonchev–Trinajstić information content (AvgIpc) is 2.26. The summed E-state index contributed by atoms with van der Waals surface area (Å²) in [7, 11) is -0.682. The molecule has 98 valence electrons. The van der Waals surface area contributed by atoms with Crippen LogP contribution in [0.4, 0.5) is 0 Å². The molecule has 0 radical (unpaired) electrons. The predicted molar refractivity (Wildman–Crippen MR) is 72.4 cm³/mol. The van der Waals surface area contributed by atoms with Gasteiger partial charge >= 0.3 is 0 Å². The molecule has 4 aliphatic carbocycles. The smallest absolute Gasteiger partial charge is 0.0441 e. The van der Waals surface area contributed by atoms with Gasteiger partial charge in [-0.2, -0.15) is 0 Å². The molecule has 4 rings (SSSR count). The van der Waals surface area contributed by atoms with Crippen molar-refractivity contribution in [2.75, 3.05) is 12.8 Å². The number of hydrogen-bond donors (Lipinski definition) is 1. The summed E-state index contributed by atoms with van der Waals surface area (Å²) in [6.07, 6.45) is 9.21. The Balaban J connectivity index is 1.59. The van der Waals surface area contributed by atoms with E-state index in [2.05, 4.69) is 12.2 Å². The second-order valence-corrected chi connectivity index (χ2v) is 8.48. The highest BCUT2D eigenvalue weighted by Crippen LogP contribution is 2.53. The van der Waals surface area contributed by atoms with Crippen molar-refractivity contribution in [2.45, 2.75) is 50.3 Å². The van der Waals surface area contributed by atoms with Crippen LogP contribution < -0.4 is 5.32 Å². The van der Waals surface area contributed by atoms with Crippen LogP contribution in [0.15, 0.2) is 0 Å². The zero-order chi connectivity index (χ0) is 12.0. The van der Waals surface area contributed by atoms with Crippen molar-refractivity contribution in [3.63, 3.8) is 0 Å². The minimum Gasteiger partial charge on any atom is -0.312 e. The highest BCUT2D eigenvalue weighted by Gasteiger charge is 2.47. The maximum absolute atomic E-state index is 11.4. The highest BCUT2D eigenvalue weighted by molar-refractivity contribution is 7.84. The molecule has 0 spiro atoms. The molecule has 1 N–H and O–H groups in total. The van der Waals surface area contributed by atoms with Crippen molar-refractivity contribution < 1.29 is 4.21 Å². The SMILES string of the molecule is CC(CNC1C2CC3CC(C2)CC1C3)S(C)=O. The maximum Gasteiger partial charge on any atom is 0.0441 e. The van der Waals surface area contributed by atoms with E-state index in [1.54, 1.807) is 0 Å². The van der Waals surface area contributed by atoms with Gasteiger partial charge in [0.25, 0.3) is 0 Å². The fourth-order valence-corrected chi connectivity index (χ4v) is 5.01. The third kappa shape index (κ3) is 2.33. The van der Waals surface area contributed by atoms with E-state index < -0.39 is 10.8 Å². The second-order valence-electron chi connectivity index (χ2n) is 6.67. The summed E-state index contributed by atoms with van der Waals surface area (Å²) >= 11 is 0. The molecule has 2 atom stereocenters. The molecular weight excluding hydrogens is 230 g/mol. The lowest BCUT2D eigenvalue weighted by Crippen LogP contribution is -2.55. The highest BCUT2D eigenvalue weighted by atomic mass is 32.2. The quantitative estimate of drug-likeness (QED) is 0.834. The van der Waals surface area contributed by atoms with E-state index in [1.165, 1.54) is 32.1 Å². The first-order valence-electron chi connectivity index (χ1n) is 7.19. The van der Waals surface area contributed by atoms with Gasteiger partial charge in [0.05, 0.1) is 0 Å². The van der Waals surface area contributed by atoms with E-state index >= 15 is 0 Å². The Bertz CT molecular complexity index is 289. The molecule has 17 heavy (non-hydrogen) atoms. The number of rotatable bonds is 4. The molecule has 0 aromatic carbocycles. The number of nitrogens with one attached hydrogen (secondary N) is 1. The van der Waals surface area contributed by atoms with Crippen LogP contribution in [0, 0.1) is 23.7 Å². The summed E-state index contributed by atoms with van der Waals surface area (Å²) in [6, 6.07) is 0.744. The third-order valence-corrected chi connectivity index (χ3v) is 6.73. The van der Waals surface area contributed by atoms with E-state index in [1.807, 2.05) is 6.26 Å². The van der Waals surface area contributed by atoms with Crippen molar-refractivity contribution in [2.24, 2.45) is 23.7 Å². The van der Waals surface area contributed by atoms with Crippen molar-refractivity contribution in [3.05, 3.63) is 0 Å². The summed E-state index contributed by atoms with van der Waals surface area (Å²) in [5, 5.41) is 4.05. The summed E-state index contributed by atoms with van der Waals surface area (Å²) < 4.78 is 11.4. The van der Waals surface area contributed by atoms with Crippen LogP contribution in [-0.2, 0) is 10.8 Å². The Kier molecular flexibility index (Phi) is 3.33. The topological polar surface area (TPSA) is 29.1 Å². The van der Waals surface area contributed by atoms with Crippen molar-refractivity contribution in [1.82, 2.24) is 5.32 Å². The zero-order valence-electron chi connectivity index (χ0n) is 11.0. The van der Waals surface area contributed by atoms with Gasteiger partial charge in [0, 0.05) is 34.9 Å². The van der Waals surface area contributed by atoms with Gasteiger partial charge in [0.15, 0.2) is 0 Å². The van der Waals surface area contributed by atoms with Gasteiger partial charge in [-0.15, -0.1) is 0 Å². The molecule has 0 saturated heterocycles. The van der Waals surface area contributed by atoms with Gasteiger partial charge in [-0.25, -0.2) is 0 Å². The number of hydrogen-bond acceptors (Lipinski definition) is 2. The molecule has 4 bridgehead atoms. The minimum atomic E-state index is -0.682. The van der Waals surface area contributed by atoms with Crippen molar-refractivity contribution >= 4 is 10.8 Å². The summed E-state index contributed by atoms with van der Waals surface area (Å²) in [5.41, 5.74) is 0. The first-order valence-corrected chi connectivity index (χ1v) is 8.81. The molecule has 3 heteroatoms. The zero-order valence-corrected chi connectivity index (χ0v) is 11.8. The van der Waals surface area contributed by atoms with E-state index in [-0.39, 0.29) is 0 Å². The van der Waals surface area contributed by atoms with Crippen LogP contribution in [0.25, 0.3) is 0 Å². The summed E-state index contributed by atoms with van der Waals surface area (Å²) in [5.74, 6) is 3.97. The van der Waals surface area contributed by atoms with Crippen LogP contribution in [0.5, 0.6) is 0 Å². The molecule has 2 nitrogen and oxygen atoms in total. The van der Waals surface area contributed by atoms with Crippen LogP contribution in [0.1, 0.15) is 39.0 Å². The fourth-order valence-electron chi connectivity index (χ4n) is 4.68. The Hall–Kier alpha value is 0.110. The first kappa shape index (κ1) is 12.2. The van der Waals surface area contributed by atoms with Gasteiger partial charge < -0.3 is 5.32 Å². The van der Waals surface area contributed by atoms with Crippen molar-refractivity contribution in [3.8, 4) is 0 Å². The Morgan fingerprint density at radius 1 is 1.12 bits per heavy atom. The Morgan fingerprint density at radius 2 is 1.65 bits per heavy atom. The maximum atomic E-state index is 11.4. The molecule has 2 unspecified atom stereocenters. The molecule has 4 fully saturated rings. The van der Waals surface area contributed by atoms with Gasteiger partial charge in [-0.05, 0) is 62.7 Å². The molecular formula is C14H25NOS. The summed E-state index contributed by atoms with van der Waals surface area (Å²) in [6.45, 7) is 3.04. The standard InChI is InChI=1S/C14H25NOS/c1-9(17(2)16)8-15-14-12-4-10-3-11(6-12)7-13(14)5-10/h9-15H,3-8H2,1-2H3. The molecule has 0 aliphatic heterocycles. The molecule has 0 amide bonds. The van der Waals surface area contributed by atoms with Crippen LogP contribution >= 0.6 is 0 Å². The molecule has 0 aromatic heterocycles. The predicted octanol–water partition coefficient (Wildman–Crippen LogP) is 2.17. The lowest BCUT2D eigenvalue weighted by atomic mass is 9.54. The molecule has 0 aromatic rings. The lowest BCUT2D eigenvalue weighted by molar-refractivity contribution is -0.0133. The van der Waals surface area contributed by atoms with E-state index in [0.29, 0.717) is 5.25 Å². The first-order chi connectivity index (χ1) is 8.13. The fraction of sp³-hybridized carbons (Fsp3) is 1.00. The van der Waals surface area contributed by atoms with Crippen LogP contribution in [0.2, 0.25) is 0 Å². The van der Waals surface area contributed by atoms with E-state index in [0.717, 1.165) is 36.3 Å². The second kappa shape index (κ2) is 4.65. The van der Waals surface area contributed by atoms with Gasteiger partial charge in [0.1, 0.15) is 0 Å². The Morgan fingerprint density at radius 3 is 2.12 bits per heavy atom. The van der Waals surface area contributed by atoms with Gasteiger partial charge in [-0.3, -0.25) is 4.21 Å². The van der Waals surface area contributed by atoms with Crippen LogP contribution in [0.3, 0.4) is 0 Å². The summed E-state index contributed by atoms with van der Waals surface area (Å²) in [4.78, 5) is 0. The monoisotopic (exact) mass is 255 g/mol. The van der Waals surface area contributed by atoms with E-state index in [4.69, 9.17) is 0 Å². The molecule has 0 heterocycles. The minimum absolute atomic E-state index is 0.298. The van der Waals surface area contributed by atoms with Gasteiger partial charge in [0.2, 0.25) is 0 Å². The molecule has 4 aliphatic rings. The van der Waals surface area contributed by atoms with Crippen LogP contribution in [-0.4, -0.2) is 28.3 Å². The Labute approximate surface area is 107 Å². The van der Waals surface area contributed by atoms with Gasteiger partial charge in [-0.1, -0.05) is 0 Å². The average molecular weight is 255 g/mol. The van der Waals surface area contributed by atoms with E-state index in [9.17, 15) is 4.21 Å².